The second-order valence-electron chi connectivity index (χ2n) is 5.14. The third-order valence-electron chi connectivity index (χ3n) is 3.44. The van der Waals surface area contributed by atoms with Gasteiger partial charge in [0.25, 0.3) is 5.91 Å². The molecule has 0 spiro atoms. The van der Waals surface area contributed by atoms with E-state index in [9.17, 15) is 4.79 Å². The van der Waals surface area contributed by atoms with Crippen LogP contribution in [0, 0.1) is 6.92 Å². The molecule has 1 unspecified atom stereocenters. The first-order chi connectivity index (χ1) is 10.6. The third kappa shape index (κ3) is 4.50. The van der Waals surface area contributed by atoms with Crippen LogP contribution in [0.25, 0.3) is 0 Å². The summed E-state index contributed by atoms with van der Waals surface area (Å²) in [7, 11) is 0. The number of carbonyl (C=O) groups is 1. The quantitative estimate of drug-likeness (QED) is 0.863. The van der Waals surface area contributed by atoms with Crippen LogP contribution in [0.2, 0.25) is 5.02 Å². The Bertz CT molecular complexity index is 628. The molecule has 116 valence electrons. The Kier molecular flexibility index (Phi) is 5.84. The minimum Gasteiger partial charge on any atom is -0.484 e. The van der Waals surface area contributed by atoms with Crippen molar-refractivity contribution in [2.24, 2.45) is 0 Å². The number of nitrogens with one attached hydrogen (secondary N) is 1. The Hall–Kier alpha value is -2.00. The number of ether oxygens (including phenoxy) is 1. The first kappa shape index (κ1) is 16.4. The Morgan fingerprint density at radius 1 is 1.23 bits per heavy atom. The van der Waals surface area contributed by atoms with E-state index in [-0.39, 0.29) is 18.6 Å². The zero-order chi connectivity index (χ0) is 15.9. The van der Waals surface area contributed by atoms with E-state index in [1.165, 1.54) is 0 Å². The predicted molar refractivity (Wildman–Crippen MR) is 89.3 cm³/mol. The molecule has 0 aliphatic carbocycles. The van der Waals surface area contributed by atoms with E-state index in [4.69, 9.17) is 16.3 Å². The molecule has 0 heterocycles. The Morgan fingerprint density at radius 3 is 2.59 bits per heavy atom. The van der Waals surface area contributed by atoms with Gasteiger partial charge in [-0.05, 0) is 42.7 Å². The van der Waals surface area contributed by atoms with Gasteiger partial charge in [-0.1, -0.05) is 48.9 Å². The van der Waals surface area contributed by atoms with E-state index >= 15 is 0 Å². The highest BCUT2D eigenvalue weighted by atomic mass is 35.5. The molecular formula is C18H20ClNO2. The van der Waals surface area contributed by atoms with Crippen molar-refractivity contribution in [3.05, 3.63) is 64.7 Å². The van der Waals surface area contributed by atoms with Crippen LogP contribution in [0.5, 0.6) is 5.75 Å². The topological polar surface area (TPSA) is 38.3 Å². The fraction of sp³-hybridized carbons (Fsp3) is 0.278. The summed E-state index contributed by atoms with van der Waals surface area (Å²) in [5.74, 6) is 0.539. The lowest BCUT2D eigenvalue weighted by molar-refractivity contribution is -0.123. The second kappa shape index (κ2) is 7.85. The number of amides is 1. The van der Waals surface area contributed by atoms with Gasteiger partial charge in [0.1, 0.15) is 5.75 Å². The van der Waals surface area contributed by atoms with Crippen molar-refractivity contribution in [3.8, 4) is 5.75 Å². The fourth-order valence-corrected chi connectivity index (χ4v) is 2.49. The van der Waals surface area contributed by atoms with Crippen molar-refractivity contribution in [3.63, 3.8) is 0 Å². The molecule has 0 aliphatic rings. The molecule has 0 aromatic heterocycles. The molecule has 2 rings (SSSR count). The second-order valence-corrected chi connectivity index (χ2v) is 5.57. The summed E-state index contributed by atoms with van der Waals surface area (Å²) in [6, 6.07) is 15.3. The molecule has 4 heteroatoms. The van der Waals surface area contributed by atoms with E-state index in [1.54, 1.807) is 12.1 Å². The van der Waals surface area contributed by atoms with Gasteiger partial charge >= 0.3 is 0 Å². The van der Waals surface area contributed by atoms with Crippen LogP contribution < -0.4 is 10.1 Å². The number of hydrogen-bond acceptors (Lipinski definition) is 2. The Labute approximate surface area is 136 Å². The molecule has 2 aromatic carbocycles. The maximum absolute atomic E-state index is 12.1. The molecule has 0 saturated carbocycles. The van der Waals surface area contributed by atoms with Gasteiger partial charge in [0.05, 0.1) is 6.04 Å². The maximum atomic E-state index is 12.1. The average Bonchev–Trinajstić information content (AvgIpc) is 2.52. The molecule has 0 saturated heterocycles. The molecule has 2 aromatic rings. The van der Waals surface area contributed by atoms with Gasteiger partial charge in [-0.15, -0.1) is 0 Å². The summed E-state index contributed by atoms with van der Waals surface area (Å²) in [6.45, 7) is 3.94. The number of rotatable bonds is 6. The van der Waals surface area contributed by atoms with Gasteiger partial charge in [0.15, 0.2) is 6.61 Å². The lowest BCUT2D eigenvalue weighted by Gasteiger charge is -2.18. The largest absolute Gasteiger partial charge is 0.484 e. The molecule has 0 fully saturated rings. The van der Waals surface area contributed by atoms with Crippen molar-refractivity contribution >= 4 is 17.5 Å². The van der Waals surface area contributed by atoms with E-state index in [2.05, 4.69) is 5.32 Å². The standard InChI is InChI=1S/C18H20ClNO2/c1-3-16(14-7-5-4-6-8-14)20-18(21)12-22-17-10-9-15(19)11-13(17)2/h4-11,16H,3,12H2,1-2H3,(H,20,21). The SMILES string of the molecule is CCC(NC(=O)COc1ccc(Cl)cc1C)c1ccccc1. The summed E-state index contributed by atoms with van der Waals surface area (Å²) in [5.41, 5.74) is 2.01. The van der Waals surface area contributed by atoms with Gasteiger partial charge in [-0.25, -0.2) is 0 Å². The van der Waals surface area contributed by atoms with Gasteiger partial charge in [-0.2, -0.15) is 0 Å². The third-order valence-corrected chi connectivity index (χ3v) is 3.68. The van der Waals surface area contributed by atoms with Crippen molar-refractivity contribution in [1.29, 1.82) is 0 Å². The molecule has 0 aliphatic heterocycles. The minimum absolute atomic E-state index is 0.00335. The molecule has 0 bridgehead atoms. The summed E-state index contributed by atoms with van der Waals surface area (Å²) < 4.78 is 5.56. The molecule has 1 N–H and O–H groups in total. The molecule has 3 nitrogen and oxygen atoms in total. The monoisotopic (exact) mass is 317 g/mol. The summed E-state index contributed by atoms with van der Waals surface area (Å²) in [5, 5.41) is 3.65. The Morgan fingerprint density at radius 2 is 1.95 bits per heavy atom. The molecular weight excluding hydrogens is 298 g/mol. The van der Waals surface area contributed by atoms with E-state index in [0.29, 0.717) is 10.8 Å². The zero-order valence-corrected chi connectivity index (χ0v) is 13.6. The molecule has 0 radical (unpaired) electrons. The lowest BCUT2D eigenvalue weighted by atomic mass is 10.0. The fourth-order valence-electron chi connectivity index (χ4n) is 2.26. The average molecular weight is 318 g/mol. The van der Waals surface area contributed by atoms with Crippen molar-refractivity contribution in [2.75, 3.05) is 6.61 Å². The maximum Gasteiger partial charge on any atom is 0.258 e. The van der Waals surface area contributed by atoms with Crippen LogP contribution in [0.15, 0.2) is 48.5 Å². The Balaban J connectivity index is 1.92. The van der Waals surface area contributed by atoms with Crippen molar-refractivity contribution in [2.45, 2.75) is 26.3 Å². The van der Waals surface area contributed by atoms with Gasteiger partial charge < -0.3 is 10.1 Å². The van der Waals surface area contributed by atoms with Crippen molar-refractivity contribution in [1.82, 2.24) is 5.32 Å². The number of halogens is 1. The highest BCUT2D eigenvalue weighted by Gasteiger charge is 2.13. The minimum atomic E-state index is -0.134. The van der Waals surface area contributed by atoms with E-state index < -0.39 is 0 Å². The first-order valence-electron chi connectivity index (χ1n) is 7.33. The van der Waals surface area contributed by atoms with E-state index in [0.717, 1.165) is 17.5 Å². The zero-order valence-electron chi connectivity index (χ0n) is 12.8. The highest BCUT2D eigenvalue weighted by molar-refractivity contribution is 6.30. The summed E-state index contributed by atoms with van der Waals surface area (Å²) in [6.07, 6.45) is 0.829. The normalized spacial score (nSPS) is 11.8. The number of carbonyl (C=O) groups excluding carboxylic acids is 1. The predicted octanol–water partition coefficient (Wildman–Crippen LogP) is 4.29. The van der Waals surface area contributed by atoms with Crippen LogP contribution in [-0.4, -0.2) is 12.5 Å². The highest BCUT2D eigenvalue weighted by Crippen LogP contribution is 2.22. The van der Waals surface area contributed by atoms with Gasteiger partial charge in [0, 0.05) is 5.02 Å². The van der Waals surface area contributed by atoms with Crippen LogP contribution in [-0.2, 0) is 4.79 Å². The van der Waals surface area contributed by atoms with Gasteiger partial charge in [0.2, 0.25) is 0 Å². The van der Waals surface area contributed by atoms with Crippen LogP contribution in [0.4, 0.5) is 0 Å². The number of hydrogen-bond donors (Lipinski definition) is 1. The smallest absolute Gasteiger partial charge is 0.258 e. The van der Waals surface area contributed by atoms with Crippen molar-refractivity contribution < 1.29 is 9.53 Å². The van der Waals surface area contributed by atoms with Crippen LogP contribution >= 0.6 is 11.6 Å². The lowest BCUT2D eigenvalue weighted by Crippen LogP contribution is -2.32. The number of benzene rings is 2. The first-order valence-corrected chi connectivity index (χ1v) is 7.71. The van der Waals surface area contributed by atoms with Gasteiger partial charge in [-0.3, -0.25) is 4.79 Å². The number of aryl methyl sites for hydroxylation is 1. The molecule has 1 amide bonds. The van der Waals surface area contributed by atoms with E-state index in [1.807, 2.05) is 50.2 Å². The molecule has 22 heavy (non-hydrogen) atoms. The summed E-state index contributed by atoms with van der Waals surface area (Å²) >= 11 is 5.90. The van der Waals surface area contributed by atoms with Crippen LogP contribution in [0.3, 0.4) is 0 Å². The molecule has 1 atom stereocenters. The summed E-state index contributed by atoms with van der Waals surface area (Å²) in [4.78, 5) is 12.1. The van der Waals surface area contributed by atoms with Crippen LogP contribution in [0.1, 0.15) is 30.5 Å².